The topological polar surface area (TPSA) is 113 Å². The molecule has 176 valence electrons. The van der Waals surface area contributed by atoms with E-state index in [-0.39, 0.29) is 11.9 Å². The Morgan fingerprint density at radius 2 is 2.06 bits per heavy atom. The van der Waals surface area contributed by atoms with Gasteiger partial charge in [0.25, 0.3) is 5.69 Å². The van der Waals surface area contributed by atoms with Gasteiger partial charge in [0.15, 0.2) is 12.0 Å². The number of aromatic nitrogens is 5. The van der Waals surface area contributed by atoms with E-state index in [9.17, 15) is 10.1 Å². The fraction of sp³-hybridized carbons (Fsp3) is 0.208. The zero-order valence-corrected chi connectivity index (χ0v) is 19.2. The second-order valence-corrected chi connectivity index (χ2v) is 8.68. The van der Waals surface area contributed by atoms with Crippen LogP contribution in [-0.2, 0) is 4.74 Å². The number of fused-ring (bicyclic) bond motifs is 2. The van der Waals surface area contributed by atoms with E-state index in [2.05, 4.69) is 20.5 Å². The highest BCUT2D eigenvalue weighted by Gasteiger charge is 2.21. The van der Waals surface area contributed by atoms with Crippen LogP contribution in [0.3, 0.4) is 0 Å². The molecule has 1 aliphatic heterocycles. The monoisotopic (exact) mass is 489 g/mol. The second kappa shape index (κ2) is 8.64. The molecule has 0 bridgehead atoms. The first kappa shape index (κ1) is 21.5. The predicted molar refractivity (Wildman–Crippen MR) is 132 cm³/mol. The van der Waals surface area contributed by atoms with Crippen LogP contribution in [0.2, 0.25) is 5.02 Å². The van der Waals surface area contributed by atoms with Crippen molar-refractivity contribution in [2.45, 2.75) is 25.5 Å². The van der Waals surface area contributed by atoms with Gasteiger partial charge in [0.1, 0.15) is 5.52 Å². The molecule has 1 saturated heterocycles. The van der Waals surface area contributed by atoms with Crippen LogP contribution in [0.15, 0.2) is 60.9 Å². The number of nitro groups is 1. The Morgan fingerprint density at radius 3 is 2.89 bits per heavy atom. The van der Waals surface area contributed by atoms with Crippen molar-refractivity contribution in [2.75, 3.05) is 11.9 Å². The lowest BCUT2D eigenvalue weighted by Gasteiger charge is -2.23. The largest absolute Gasteiger partial charge is 0.356 e. The first-order valence-corrected chi connectivity index (χ1v) is 11.6. The highest BCUT2D eigenvalue weighted by atomic mass is 35.5. The molecule has 0 spiro atoms. The van der Waals surface area contributed by atoms with Crippen molar-refractivity contribution in [2.24, 2.45) is 0 Å². The molecule has 35 heavy (non-hydrogen) atoms. The number of benzene rings is 2. The molecule has 2 aromatic carbocycles. The van der Waals surface area contributed by atoms with E-state index in [4.69, 9.17) is 16.3 Å². The summed E-state index contributed by atoms with van der Waals surface area (Å²) in [5.41, 5.74) is 3.41. The van der Waals surface area contributed by atoms with E-state index in [1.807, 2.05) is 22.9 Å². The molecule has 5 aromatic rings. The SMILES string of the molecule is O=[N+]([O-])c1cccc(-n2nc(Nc3ccc4c(cnn4C4CCCCO4)c3Cl)c3ncccc32)c1. The van der Waals surface area contributed by atoms with Crippen molar-refractivity contribution >= 4 is 50.7 Å². The summed E-state index contributed by atoms with van der Waals surface area (Å²) in [6.45, 7) is 0.729. The summed E-state index contributed by atoms with van der Waals surface area (Å²) in [6, 6.07) is 13.8. The van der Waals surface area contributed by atoms with E-state index in [1.165, 1.54) is 12.1 Å². The minimum atomic E-state index is -0.430. The van der Waals surface area contributed by atoms with Crippen LogP contribution in [-0.4, -0.2) is 36.1 Å². The zero-order chi connectivity index (χ0) is 23.9. The molecule has 11 heteroatoms. The van der Waals surface area contributed by atoms with E-state index < -0.39 is 4.92 Å². The molecular formula is C24H20ClN7O3. The minimum absolute atomic E-state index is 0.0167. The summed E-state index contributed by atoms with van der Waals surface area (Å²) < 4.78 is 9.41. The maximum Gasteiger partial charge on any atom is 0.271 e. The average Bonchev–Trinajstić information content (AvgIpc) is 3.49. The first-order valence-electron chi connectivity index (χ1n) is 11.2. The molecule has 1 unspecified atom stereocenters. The molecule has 4 heterocycles. The number of ether oxygens (including phenoxy) is 1. The zero-order valence-electron chi connectivity index (χ0n) is 18.5. The molecule has 6 rings (SSSR count). The highest BCUT2D eigenvalue weighted by Crippen LogP contribution is 2.36. The fourth-order valence-corrected chi connectivity index (χ4v) is 4.68. The number of halogens is 1. The second-order valence-electron chi connectivity index (χ2n) is 8.30. The summed E-state index contributed by atoms with van der Waals surface area (Å²) in [4.78, 5) is 15.3. The van der Waals surface area contributed by atoms with Gasteiger partial charge in [0.05, 0.1) is 38.6 Å². The molecule has 3 aromatic heterocycles. The predicted octanol–water partition coefficient (Wildman–Crippen LogP) is 5.77. The number of nitro benzene ring substituents is 1. The number of hydrogen-bond donors (Lipinski definition) is 1. The van der Waals surface area contributed by atoms with Crippen molar-refractivity contribution in [3.63, 3.8) is 0 Å². The Balaban J connectivity index is 1.40. The molecule has 1 N–H and O–H groups in total. The van der Waals surface area contributed by atoms with Crippen molar-refractivity contribution in [1.29, 1.82) is 0 Å². The third kappa shape index (κ3) is 3.76. The Hall–Kier alpha value is -4.02. The van der Waals surface area contributed by atoms with E-state index in [1.54, 1.807) is 35.3 Å². The van der Waals surface area contributed by atoms with E-state index in [0.29, 0.717) is 33.2 Å². The quantitative estimate of drug-likeness (QED) is 0.246. The van der Waals surface area contributed by atoms with Gasteiger partial charge in [-0.05, 0) is 49.6 Å². The number of pyridine rings is 1. The molecule has 0 saturated carbocycles. The molecule has 10 nitrogen and oxygen atoms in total. The number of non-ortho nitro benzene ring substituents is 1. The van der Waals surface area contributed by atoms with Gasteiger partial charge in [-0.3, -0.25) is 15.1 Å². The van der Waals surface area contributed by atoms with Gasteiger partial charge in [0, 0.05) is 30.3 Å². The summed E-state index contributed by atoms with van der Waals surface area (Å²) in [5.74, 6) is 0.483. The molecule has 1 atom stereocenters. The van der Waals surface area contributed by atoms with Crippen molar-refractivity contribution in [3.8, 4) is 5.69 Å². The van der Waals surface area contributed by atoms with Gasteiger partial charge in [-0.1, -0.05) is 17.7 Å². The summed E-state index contributed by atoms with van der Waals surface area (Å²) in [7, 11) is 0. The minimum Gasteiger partial charge on any atom is -0.356 e. The molecule has 0 radical (unpaired) electrons. The standard InChI is InChI=1S/C24H20ClN7O3/c25-22-17-14-27-31(21-8-1-2-12-35-21)19(17)10-9-18(22)28-24-23-20(7-4-11-26-23)30(29-24)15-5-3-6-16(13-15)32(33)34/h3-7,9-11,13-14,21H,1-2,8,12H2,(H,28,29). The lowest BCUT2D eigenvalue weighted by atomic mass is 10.2. The lowest BCUT2D eigenvalue weighted by Crippen LogP contribution is -2.18. The molecule has 1 aliphatic rings. The summed E-state index contributed by atoms with van der Waals surface area (Å²) in [5, 5.41) is 25.1. The van der Waals surface area contributed by atoms with Crippen LogP contribution in [0.25, 0.3) is 27.6 Å². The molecule has 0 aliphatic carbocycles. The van der Waals surface area contributed by atoms with Crippen LogP contribution >= 0.6 is 11.6 Å². The van der Waals surface area contributed by atoms with E-state index >= 15 is 0 Å². The van der Waals surface area contributed by atoms with Crippen LogP contribution in [0.5, 0.6) is 0 Å². The normalized spacial score (nSPS) is 16.1. The number of nitrogens with zero attached hydrogens (tertiary/aromatic N) is 6. The van der Waals surface area contributed by atoms with Gasteiger partial charge in [-0.25, -0.2) is 9.36 Å². The maximum absolute atomic E-state index is 11.3. The Kier molecular flexibility index (Phi) is 5.31. The molecule has 1 fully saturated rings. The fourth-order valence-electron chi connectivity index (χ4n) is 4.43. The van der Waals surface area contributed by atoms with Crippen molar-refractivity contribution in [1.82, 2.24) is 24.5 Å². The smallest absolute Gasteiger partial charge is 0.271 e. The van der Waals surface area contributed by atoms with Gasteiger partial charge < -0.3 is 10.1 Å². The van der Waals surface area contributed by atoms with Crippen LogP contribution in [0.1, 0.15) is 25.5 Å². The highest BCUT2D eigenvalue weighted by molar-refractivity contribution is 6.38. The van der Waals surface area contributed by atoms with Crippen molar-refractivity contribution in [3.05, 3.63) is 76.1 Å². The van der Waals surface area contributed by atoms with Crippen LogP contribution in [0, 0.1) is 10.1 Å². The summed E-state index contributed by atoms with van der Waals surface area (Å²) in [6.07, 6.45) is 6.42. The Morgan fingerprint density at radius 1 is 1.14 bits per heavy atom. The maximum atomic E-state index is 11.3. The molecule has 0 amide bonds. The number of nitrogens with one attached hydrogen (secondary N) is 1. The third-order valence-electron chi connectivity index (χ3n) is 6.12. The van der Waals surface area contributed by atoms with Gasteiger partial charge in [-0.15, -0.1) is 5.10 Å². The number of anilines is 2. The van der Waals surface area contributed by atoms with E-state index in [0.717, 1.165) is 36.8 Å². The van der Waals surface area contributed by atoms with Gasteiger partial charge in [0.2, 0.25) is 0 Å². The number of rotatable bonds is 5. The lowest BCUT2D eigenvalue weighted by molar-refractivity contribution is -0.384. The first-order chi connectivity index (χ1) is 17.1. The van der Waals surface area contributed by atoms with Crippen molar-refractivity contribution < 1.29 is 9.66 Å². The van der Waals surface area contributed by atoms with Crippen LogP contribution in [0.4, 0.5) is 17.2 Å². The Bertz CT molecular complexity index is 1570. The third-order valence-corrected chi connectivity index (χ3v) is 6.53. The number of hydrogen-bond acceptors (Lipinski definition) is 7. The van der Waals surface area contributed by atoms with Gasteiger partial charge >= 0.3 is 0 Å². The summed E-state index contributed by atoms with van der Waals surface area (Å²) >= 11 is 6.79. The van der Waals surface area contributed by atoms with Gasteiger partial charge in [-0.2, -0.15) is 5.10 Å². The Labute approximate surface area is 204 Å². The molecular weight excluding hydrogens is 470 g/mol. The van der Waals surface area contributed by atoms with Crippen LogP contribution < -0.4 is 5.32 Å². The average molecular weight is 490 g/mol.